The zero-order valence-electron chi connectivity index (χ0n) is 15.2. The van der Waals surface area contributed by atoms with Crippen LogP contribution in [0, 0.1) is 12.8 Å². The molecule has 27 heavy (non-hydrogen) atoms. The van der Waals surface area contributed by atoms with Crippen LogP contribution in [0.25, 0.3) is 0 Å². The number of esters is 1. The number of ketones is 1. The van der Waals surface area contributed by atoms with Crippen LogP contribution in [0.2, 0.25) is 0 Å². The molecule has 142 valence electrons. The average molecular weight is 387 g/mol. The first-order valence-corrected chi connectivity index (χ1v) is 10.2. The molecule has 1 atom stereocenters. The molecule has 2 aromatic rings. The van der Waals surface area contributed by atoms with E-state index < -0.39 is 21.9 Å². The minimum absolute atomic E-state index is 0.0924. The Balaban J connectivity index is 2.03. The van der Waals surface area contributed by atoms with Gasteiger partial charge in [-0.2, -0.15) is 0 Å². The van der Waals surface area contributed by atoms with E-state index in [0.717, 1.165) is 5.56 Å². The molecule has 1 aliphatic heterocycles. The van der Waals surface area contributed by atoms with Crippen LogP contribution < -0.4 is 4.31 Å². The van der Waals surface area contributed by atoms with Crippen molar-refractivity contribution in [2.75, 3.05) is 17.5 Å². The van der Waals surface area contributed by atoms with Crippen molar-refractivity contribution in [2.24, 2.45) is 5.92 Å². The summed E-state index contributed by atoms with van der Waals surface area (Å²) < 4.78 is 32.6. The Morgan fingerprint density at radius 1 is 1.15 bits per heavy atom. The molecule has 7 heteroatoms. The van der Waals surface area contributed by atoms with Crippen molar-refractivity contribution in [3.05, 3.63) is 59.7 Å². The highest BCUT2D eigenvalue weighted by molar-refractivity contribution is 7.92. The number of ether oxygens (including phenoxy) is 1. The minimum Gasteiger partial charge on any atom is -0.466 e. The second-order valence-corrected chi connectivity index (χ2v) is 8.30. The zero-order valence-corrected chi connectivity index (χ0v) is 16.0. The summed E-state index contributed by atoms with van der Waals surface area (Å²) in [7, 11) is -3.87. The number of carbonyl (C=O) groups excluding carboxylic acids is 2. The maximum Gasteiger partial charge on any atom is 0.306 e. The molecule has 0 radical (unpaired) electrons. The Hall–Kier alpha value is -2.67. The molecule has 0 spiro atoms. The topological polar surface area (TPSA) is 80.8 Å². The Bertz CT molecular complexity index is 966. The lowest BCUT2D eigenvalue weighted by Crippen LogP contribution is -2.43. The number of rotatable bonds is 5. The van der Waals surface area contributed by atoms with Crippen LogP contribution in [-0.2, 0) is 19.6 Å². The fourth-order valence-corrected chi connectivity index (χ4v) is 4.67. The summed E-state index contributed by atoms with van der Waals surface area (Å²) in [6.07, 6.45) is -0.152. The van der Waals surface area contributed by atoms with E-state index in [1.165, 1.54) is 4.31 Å². The fourth-order valence-electron chi connectivity index (χ4n) is 3.14. The molecule has 6 nitrogen and oxygen atoms in total. The standard InChI is InChI=1S/C20H21NO5S/c1-3-26-19(22)12-15-13-21(18-7-5-4-6-17(18)20(15)23)27(24,25)16-10-8-14(2)9-11-16/h4-11,15H,3,12-13H2,1-2H3. The maximum absolute atomic E-state index is 13.2. The van der Waals surface area contributed by atoms with E-state index in [0.29, 0.717) is 11.3 Å². The lowest BCUT2D eigenvalue weighted by Gasteiger charge is -2.34. The lowest BCUT2D eigenvalue weighted by molar-refractivity contribution is -0.143. The normalized spacial score (nSPS) is 16.7. The van der Waals surface area contributed by atoms with Gasteiger partial charge < -0.3 is 4.74 Å². The number of anilines is 1. The first-order chi connectivity index (χ1) is 12.8. The van der Waals surface area contributed by atoms with Crippen LogP contribution >= 0.6 is 0 Å². The fraction of sp³-hybridized carbons (Fsp3) is 0.300. The summed E-state index contributed by atoms with van der Waals surface area (Å²) in [6, 6.07) is 13.1. The Kier molecular flexibility index (Phi) is 5.32. The van der Waals surface area contributed by atoms with Gasteiger partial charge in [-0.25, -0.2) is 8.42 Å². The van der Waals surface area contributed by atoms with Gasteiger partial charge in [0.15, 0.2) is 5.78 Å². The van der Waals surface area contributed by atoms with Gasteiger partial charge in [-0.15, -0.1) is 0 Å². The molecule has 1 unspecified atom stereocenters. The largest absolute Gasteiger partial charge is 0.466 e. The lowest BCUT2D eigenvalue weighted by atomic mass is 9.90. The van der Waals surface area contributed by atoms with Gasteiger partial charge in [-0.3, -0.25) is 13.9 Å². The Morgan fingerprint density at radius 3 is 2.48 bits per heavy atom. The van der Waals surface area contributed by atoms with Crippen LogP contribution in [0.4, 0.5) is 5.69 Å². The number of fused-ring (bicyclic) bond motifs is 1. The molecular weight excluding hydrogens is 366 g/mol. The van der Waals surface area contributed by atoms with Crippen LogP contribution in [0.5, 0.6) is 0 Å². The van der Waals surface area contributed by atoms with E-state index in [2.05, 4.69) is 0 Å². The smallest absolute Gasteiger partial charge is 0.306 e. The zero-order chi connectivity index (χ0) is 19.6. The molecule has 3 rings (SSSR count). The Morgan fingerprint density at radius 2 is 1.81 bits per heavy atom. The van der Waals surface area contributed by atoms with Crippen molar-refractivity contribution in [3.63, 3.8) is 0 Å². The van der Waals surface area contributed by atoms with Crippen LogP contribution in [0.1, 0.15) is 29.3 Å². The Labute approximate surface area is 158 Å². The number of sulfonamides is 1. The predicted octanol–water partition coefficient (Wildman–Crippen LogP) is 2.96. The van der Waals surface area contributed by atoms with E-state index in [1.54, 1.807) is 55.5 Å². The molecule has 0 saturated carbocycles. The van der Waals surface area contributed by atoms with Crippen molar-refractivity contribution in [1.29, 1.82) is 0 Å². The summed E-state index contributed by atoms with van der Waals surface area (Å²) >= 11 is 0. The number of hydrogen-bond donors (Lipinski definition) is 0. The van der Waals surface area contributed by atoms with E-state index in [-0.39, 0.29) is 30.3 Å². The molecule has 0 aromatic heterocycles. The number of hydrogen-bond acceptors (Lipinski definition) is 5. The van der Waals surface area contributed by atoms with E-state index >= 15 is 0 Å². The molecule has 2 aromatic carbocycles. The van der Waals surface area contributed by atoms with E-state index in [1.807, 2.05) is 6.92 Å². The van der Waals surface area contributed by atoms with Gasteiger partial charge >= 0.3 is 5.97 Å². The molecule has 0 fully saturated rings. The second-order valence-electron chi connectivity index (χ2n) is 6.44. The highest BCUT2D eigenvalue weighted by atomic mass is 32.2. The summed E-state index contributed by atoms with van der Waals surface area (Å²) in [6.45, 7) is 3.68. The van der Waals surface area contributed by atoms with E-state index in [4.69, 9.17) is 4.74 Å². The summed E-state index contributed by atoms with van der Waals surface area (Å²) in [4.78, 5) is 24.8. The van der Waals surface area contributed by atoms with Gasteiger partial charge in [-0.05, 0) is 38.1 Å². The van der Waals surface area contributed by atoms with Crippen molar-refractivity contribution in [1.82, 2.24) is 0 Å². The molecule has 0 amide bonds. The van der Waals surface area contributed by atoms with Gasteiger partial charge in [0.25, 0.3) is 10.0 Å². The molecular formula is C20H21NO5S. The van der Waals surface area contributed by atoms with Crippen molar-refractivity contribution in [3.8, 4) is 0 Å². The number of para-hydroxylation sites is 1. The average Bonchev–Trinajstić information content (AvgIpc) is 2.64. The third kappa shape index (κ3) is 3.73. The van der Waals surface area contributed by atoms with Crippen LogP contribution in [0.15, 0.2) is 53.4 Å². The number of Topliss-reactive ketones (excluding diaryl/α,β-unsaturated/α-hetero) is 1. The highest BCUT2D eigenvalue weighted by Crippen LogP contribution is 2.35. The highest BCUT2D eigenvalue weighted by Gasteiger charge is 2.38. The summed E-state index contributed by atoms with van der Waals surface area (Å²) in [5.74, 6) is -1.53. The number of carbonyl (C=O) groups is 2. The third-order valence-corrected chi connectivity index (χ3v) is 6.32. The molecule has 0 bridgehead atoms. The quantitative estimate of drug-likeness (QED) is 0.737. The molecule has 0 aliphatic carbocycles. The molecule has 0 saturated heterocycles. The molecule has 1 heterocycles. The molecule has 0 N–H and O–H groups in total. The summed E-state index contributed by atoms with van der Waals surface area (Å²) in [5, 5.41) is 0. The van der Waals surface area contributed by atoms with Crippen LogP contribution in [-0.4, -0.2) is 33.3 Å². The van der Waals surface area contributed by atoms with Gasteiger partial charge in [0.05, 0.1) is 29.5 Å². The third-order valence-electron chi connectivity index (χ3n) is 4.52. The van der Waals surface area contributed by atoms with E-state index in [9.17, 15) is 18.0 Å². The number of aryl methyl sites for hydroxylation is 1. The first kappa shape index (κ1) is 19.1. The molecule has 1 aliphatic rings. The first-order valence-electron chi connectivity index (χ1n) is 8.73. The van der Waals surface area contributed by atoms with Gasteiger partial charge in [0.1, 0.15) is 0 Å². The van der Waals surface area contributed by atoms with Crippen molar-refractivity contribution < 1.29 is 22.7 Å². The van der Waals surface area contributed by atoms with Crippen molar-refractivity contribution in [2.45, 2.75) is 25.2 Å². The van der Waals surface area contributed by atoms with Gasteiger partial charge in [0.2, 0.25) is 0 Å². The predicted molar refractivity (Wildman–Crippen MR) is 101 cm³/mol. The monoisotopic (exact) mass is 387 g/mol. The minimum atomic E-state index is -3.87. The van der Waals surface area contributed by atoms with Gasteiger partial charge in [-0.1, -0.05) is 29.8 Å². The van der Waals surface area contributed by atoms with Crippen LogP contribution in [0.3, 0.4) is 0 Å². The van der Waals surface area contributed by atoms with Gasteiger partial charge in [0, 0.05) is 12.1 Å². The number of nitrogens with zero attached hydrogens (tertiary/aromatic N) is 1. The van der Waals surface area contributed by atoms with Crippen molar-refractivity contribution >= 4 is 27.5 Å². The second kappa shape index (κ2) is 7.52. The summed E-state index contributed by atoms with van der Waals surface area (Å²) in [5.41, 5.74) is 1.58. The SMILES string of the molecule is CCOC(=O)CC1CN(S(=O)(=O)c2ccc(C)cc2)c2ccccc2C1=O. The number of benzene rings is 2. The maximum atomic E-state index is 13.2.